The van der Waals surface area contributed by atoms with Crippen molar-refractivity contribution in [3.8, 4) is 0 Å². The van der Waals surface area contributed by atoms with Crippen molar-refractivity contribution in [2.24, 2.45) is 7.05 Å². The van der Waals surface area contributed by atoms with Gasteiger partial charge < -0.3 is 14.2 Å². The van der Waals surface area contributed by atoms with Crippen LogP contribution in [0, 0.1) is 0 Å². The molecule has 1 saturated heterocycles. The minimum atomic E-state index is -0.860. The third-order valence-electron chi connectivity index (χ3n) is 4.12. The summed E-state index contributed by atoms with van der Waals surface area (Å²) >= 11 is 0. The Morgan fingerprint density at radius 3 is 2.81 bits per heavy atom. The van der Waals surface area contributed by atoms with Gasteiger partial charge in [-0.25, -0.2) is 4.79 Å². The number of hydrogen-bond donors (Lipinski definition) is 1. The normalized spacial score (nSPS) is 17.2. The average molecular weight is 289 g/mol. The lowest BCUT2D eigenvalue weighted by Gasteiger charge is -2.32. The minimum absolute atomic E-state index is 0.266. The highest BCUT2D eigenvalue weighted by atomic mass is 16.4. The first-order valence-electron chi connectivity index (χ1n) is 7.10. The quantitative estimate of drug-likeness (QED) is 0.913. The van der Waals surface area contributed by atoms with E-state index >= 15 is 0 Å². The van der Waals surface area contributed by atoms with Crippen LogP contribution in [0.4, 0.5) is 0 Å². The maximum absolute atomic E-state index is 11.2. The summed E-state index contributed by atoms with van der Waals surface area (Å²) in [6.45, 7) is 2.67. The smallest absolute Gasteiger partial charge is 0.352 e. The zero-order valence-electron chi connectivity index (χ0n) is 12.0. The van der Waals surface area contributed by atoms with Crippen LogP contribution < -0.4 is 0 Å². The Labute approximate surface area is 122 Å². The van der Waals surface area contributed by atoms with Crippen LogP contribution in [0.15, 0.2) is 24.7 Å². The van der Waals surface area contributed by atoms with E-state index in [1.54, 1.807) is 18.5 Å². The van der Waals surface area contributed by atoms with Gasteiger partial charge in [0.05, 0.1) is 6.54 Å². The predicted octanol–water partition coefficient (Wildman–Crippen LogP) is 1.15. The van der Waals surface area contributed by atoms with E-state index in [0.29, 0.717) is 5.69 Å². The van der Waals surface area contributed by atoms with Gasteiger partial charge in [0.1, 0.15) is 17.8 Å². The van der Waals surface area contributed by atoms with Crippen molar-refractivity contribution in [1.82, 2.24) is 24.2 Å². The highest BCUT2D eigenvalue weighted by Gasteiger charge is 2.23. The topological polar surface area (TPSA) is 76.2 Å². The van der Waals surface area contributed by atoms with Crippen molar-refractivity contribution in [3.63, 3.8) is 0 Å². The molecule has 0 bridgehead atoms. The molecule has 0 saturated carbocycles. The van der Waals surface area contributed by atoms with Crippen molar-refractivity contribution < 1.29 is 9.90 Å². The van der Waals surface area contributed by atoms with Gasteiger partial charge in [0.25, 0.3) is 0 Å². The molecule has 112 valence electrons. The van der Waals surface area contributed by atoms with E-state index in [0.717, 1.165) is 38.3 Å². The fourth-order valence-corrected chi connectivity index (χ4v) is 2.90. The molecule has 0 spiro atoms. The summed E-state index contributed by atoms with van der Waals surface area (Å²) in [5.41, 5.74) is 0.377. The second kappa shape index (κ2) is 5.69. The maximum Gasteiger partial charge on any atom is 0.352 e. The predicted molar refractivity (Wildman–Crippen MR) is 75.9 cm³/mol. The highest BCUT2D eigenvalue weighted by molar-refractivity contribution is 5.85. The number of hydrogen-bond acceptors (Lipinski definition) is 4. The number of rotatable bonds is 4. The van der Waals surface area contributed by atoms with Crippen molar-refractivity contribution in [2.75, 3.05) is 13.1 Å². The Bertz CT molecular complexity index is 625. The van der Waals surface area contributed by atoms with Crippen LogP contribution >= 0.6 is 0 Å². The second-order valence-electron chi connectivity index (χ2n) is 5.47. The molecule has 0 aliphatic carbocycles. The molecule has 0 aromatic carbocycles. The molecular formula is C14H19N5O2. The lowest BCUT2D eigenvalue weighted by atomic mass is 10.0. The highest BCUT2D eigenvalue weighted by Crippen LogP contribution is 2.25. The zero-order valence-corrected chi connectivity index (χ0v) is 12.0. The first kappa shape index (κ1) is 13.8. The Kier molecular flexibility index (Phi) is 3.74. The summed E-state index contributed by atoms with van der Waals surface area (Å²) in [4.78, 5) is 13.5. The van der Waals surface area contributed by atoms with Crippen molar-refractivity contribution >= 4 is 5.97 Å². The van der Waals surface area contributed by atoms with Crippen LogP contribution in [0.2, 0.25) is 0 Å². The van der Waals surface area contributed by atoms with Crippen LogP contribution in [0.3, 0.4) is 0 Å². The molecule has 3 heterocycles. The lowest BCUT2D eigenvalue weighted by Crippen LogP contribution is -2.35. The van der Waals surface area contributed by atoms with Gasteiger partial charge in [0, 0.05) is 32.4 Å². The molecule has 7 heteroatoms. The number of piperidine rings is 1. The van der Waals surface area contributed by atoms with Gasteiger partial charge in [0.2, 0.25) is 0 Å². The first-order chi connectivity index (χ1) is 10.1. The molecule has 21 heavy (non-hydrogen) atoms. The molecule has 0 amide bonds. The van der Waals surface area contributed by atoms with Crippen molar-refractivity contribution in [2.45, 2.75) is 25.4 Å². The molecule has 0 unspecified atom stereocenters. The van der Waals surface area contributed by atoms with Gasteiger partial charge >= 0.3 is 5.97 Å². The summed E-state index contributed by atoms with van der Waals surface area (Å²) in [6, 6.07) is 3.73. The van der Waals surface area contributed by atoms with Crippen molar-refractivity contribution in [3.05, 3.63) is 36.2 Å². The van der Waals surface area contributed by atoms with Gasteiger partial charge in [-0.15, -0.1) is 10.2 Å². The van der Waals surface area contributed by atoms with Crippen LogP contribution in [0.1, 0.15) is 35.2 Å². The number of likely N-dealkylation sites (tertiary alicyclic amines) is 1. The monoisotopic (exact) mass is 289 g/mol. The lowest BCUT2D eigenvalue weighted by molar-refractivity contribution is 0.0678. The summed E-state index contributed by atoms with van der Waals surface area (Å²) in [5, 5.41) is 17.2. The van der Waals surface area contributed by atoms with Gasteiger partial charge in [0.15, 0.2) is 0 Å². The van der Waals surface area contributed by atoms with E-state index in [1.807, 2.05) is 22.4 Å². The molecule has 1 aliphatic heterocycles. The summed E-state index contributed by atoms with van der Waals surface area (Å²) in [6.07, 6.45) is 5.48. The van der Waals surface area contributed by atoms with Crippen molar-refractivity contribution in [1.29, 1.82) is 0 Å². The molecule has 0 atom stereocenters. The Balaban J connectivity index is 1.61. The molecule has 1 aliphatic rings. The maximum atomic E-state index is 11.2. The zero-order chi connectivity index (χ0) is 14.8. The molecule has 7 nitrogen and oxygen atoms in total. The van der Waals surface area contributed by atoms with Crippen LogP contribution in [-0.2, 0) is 13.6 Å². The molecule has 2 aromatic rings. The number of carboxylic acid groups (broad SMARTS) is 1. The third-order valence-corrected chi connectivity index (χ3v) is 4.12. The Morgan fingerprint density at radius 1 is 1.43 bits per heavy atom. The first-order valence-corrected chi connectivity index (χ1v) is 7.10. The van der Waals surface area contributed by atoms with E-state index in [1.165, 1.54) is 0 Å². The van der Waals surface area contributed by atoms with Gasteiger partial charge in [-0.1, -0.05) is 0 Å². The summed E-state index contributed by atoms with van der Waals surface area (Å²) in [7, 11) is 1.95. The second-order valence-corrected chi connectivity index (χ2v) is 5.47. The fraction of sp³-hybridized carbons (Fsp3) is 0.500. The average Bonchev–Trinajstić information content (AvgIpc) is 3.10. The van der Waals surface area contributed by atoms with E-state index in [-0.39, 0.29) is 6.04 Å². The standard InChI is InChI=1S/C14H19N5O2/c1-17-10-15-16-13(17)9-18-7-4-11(5-8-18)19-6-2-3-12(19)14(20)21/h2-3,6,10-11H,4-5,7-9H2,1H3,(H,20,21). The van der Waals surface area contributed by atoms with E-state index in [2.05, 4.69) is 15.1 Å². The summed E-state index contributed by atoms with van der Waals surface area (Å²) in [5.74, 6) is 0.0992. The number of carboxylic acids is 1. The molecule has 2 aromatic heterocycles. The molecule has 3 rings (SSSR count). The largest absolute Gasteiger partial charge is 0.477 e. The number of carbonyl (C=O) groups is 1. The summed E-state index contributed by atoms with van der Waals surface area (Å²) < 4.78 is 3.82. The molecule has 0 radical (unpaired) electrons. The Hall–Kier alpha value is -2.15. The van der Waals surface area contributed by atoms with E-state index in [9.17, 15) is 9.90 Å². The molecule has 1 N–H and O–H groups in total. The number of nitrogens with zero attached hydrogens (tertiary/aromatic N) is 5. The van der Waals surface area contributed by atoms with E-state index < -0.39 is 5.97 Å². The number of aromatic carboxylic acids is 1. The Morgan fingerprint density at radius 2 is 2.19 bits per heavy atom. The fourth-order valence-electron chi connectivity index (χ4n) is 2.90. The molecular weight excluding hydrogens is 270 g/mol. The minimum Gasteiger partial charge on any atom is -0.477 e. The van der Waals surface area contributed by atoms with Crippen LogP contribution in [0.5, 0.6) is 0 Å². The van der Waals surface area contributed by atoms with E-state index in [4.69, 9.17) is 0 Å². The van der Waals surface area contributed by atoms with Crippen LogP contribution in [-0.4, -0.2) is 48.4 Å². The molecule has 1 fully saturated rings. The van der Waals surface area contributed by atoms with Crippen LogP contribution in [0.25, 0.3) is 0 Å². The number of aryl methyl sites for hydroxylation is 1. The SMILES string of the molecule is Cn1cnnc1CN1CCC(n2cccc2C(=O)O)CC1. The third kappa shape index (κ3) is 2.82. The van der Waals surface area contributed by atoms with Gasteiger partial charge in [-0.2, -0.15) is 0 Å². The number of aromatic nitrogens is 4. The van der Waals surface area contributed by atoms with Gasteiger partial charge in [-0.3, -0.25) is 4.90 Å². The van der Waals surface area contributed by atoms with Gasteiger partial charge in [-0.05, 0) is 25.0 Å².